The van der Waals surface area contributed by atoms with Gasteiger partial charge in [-0.3, -0.25) is 4.21 Å². The van der Waals surface area contributed by atoms with Gasteiger partial charge in [-0.1, -0.05) is 17.7 Å². The van der Waals surface area contributed by atoms with E-state index in [0.717, 1.165) is 10.2 Å². The third kappa shape index (κ3) is 3.07. The molecule has 0 bridgehead atoms. The summed E-state index contributed by atoms with van der Waals surface area (Å²) in [6.07, 6.45) is 0. The van der Waals surface area contributed by atoms with Gasteiger partial charge in [0.2, 0.25) is 0 Å². The molecule has 108 valence electrons. The Bertz CT molecular complexity index is 850. The van der Waals surface area contributed by atoms with E-state index in [1.54, 1.807) is 24.3 Å². The van der Waals surface area contributed by atoms with Crippen LogP contribution in [0.25, 0.3) is 10.2 Å². The number of benzene rings is 2. The third-order valence-electron chi connectivity index (χ3n) is 2.89. The van der Waals surface area contributed by atoms with Gasteiger partial charge in [-0.25, -0.2) is 9.37 Å². The minimum absolute atomic E-state index is 0.203. The second-order valence-corrected chi connectivity index (χ2v) is 7.50. The lowest BCUT2D eigenvalue weighted by Crippen LogP contribution is -1.97. The zero-order valence-electron chi connectivity index (χ0n) is 10.7. The molecule has 0 saturated carbocycles. The summed E-state index contributed by atoms with van der Waals surface area (Å²) in [7, 11) is -1.33. The van der Waals surface area contributed by atoms with E-state index in [-0.39, 0.29) is 10.8 Å². The molecule has 1 heterocycles. The molecule has 0 aliphatic rings. The van der Waals surface area contributed by atoms with Gasteiger partial charge >= 0.3 is 0 Å². The van der Waals surface area contributed by atoms with E-state index in [9.17, 15) is 8.60 Å². The van der Waals surface area contributed by atoms with Crippen LogP contribution in [0.1, 0.15) is 5.56 Å². The fraction of sp³-hybridized carbons (Fsp3) is 0.0714. The normalized spacial score (nSPS) is 12.7. The van der Waals surface area contributed by atoms with Crippen LogP contribution in [0.5, 0.6) is 0 Å². The Morgan fingerprint density at radius 2 is 2.10 bits per heavy atom. The Morgan fingerprint density at radius 1 is 1.29 bits per heavy atom. The molecular weight excluding hydrogens is 331 g/mol. The number of nitrogens with two attached hydrogens (primary N) is 1. The summed E-state index contributed by atoms with van der Waals surface area (Å²) in [5.41, 5.74) is 7.76. The lowest BCUT2D eigenvalue weighted by molar-refractivity contribution is 0.627. The van der Waals surface area contributed by atoms with E-state index < -0.39 is 16.6 Å². The minimum Gasteiger partial charge on any atom is -0.399 e. The van der Waals surface area contributed by atoms with Gasteiger partial charge in [0.25, 0.3) is 0 Å². The highest BCUT2D eigenvalue weighted by Gasteiger charge is 2.13. The first-order chi connectivity index (χ1) is 10.0. The summed E-state index contributed by atoms with van der Waals surface area (Å²) >= 11 is 7.29. The fourth-order valence-electron chi connectivity index (χ4n) is 1.86. The van der Waals surface area contributed by atoms with Crippen molar-refractivity contribution in [2.45, 2.75) is 10.1 Å². The number of fused-ring (bicyclic) bond motifs is 1. The molecule has 3 aromatic rings. The first-order valence-electron chi connectivity index (χ1n) is 6.01. The monoisotopic (exact) mass is 340 g/mol. The van der Waals surface area contributed by atoms with E-state index in [0.29, 0.717) is 15.6 Å². The quantitative estimate of drug-likeness (QED) is 0.734. The van der Waals surface area contributed by atoms with Gasteiger partial charge in [0.1, 0.15) is 5.82 Å². The van der Waals surface area contributed by atoms with Crippen molar-refractivity contribution in [1.82, 2.24) is 4.98 Å². The van der Waals surface area contributed by atoms with Crippen molar-refractivity contribution in [2.75, 3.05) is 5.73 Å². The molecular formula is C14H10ClFN2OS2. The second kappa shape index (κ2) is 5.71. The number of anilines is 1. The van der Waals surface area contributed by atoms with Crippen LogP contribution in [0.15, 0.2) is 40.7 Å². The fourth-order valence-corrected chi connectivity index (χ4v) is 4.59. The Morgan fingerprint density at radius 3 is 2.86 bits per heavy atom. The van der Waals surface area contributed by atoms with Gasteiger partial charge in [-0.15, -0.1) is 11.3 Å². The van der Waals surface area contributed by atoms with Crippen molar-refractivity contribution in [3.8, 4) is 0 Å². The zero-order valence-corrected chi connectivity index (χ0v) is 13.1. The molecule has 0 saturated heterocycles. The highest BCUT2D eigenvalue weighted by atomic mass is 35.5. The average Bonchev–Trinajstić information content (AvgIpc) is 2.85. The summed E-state index contributed by atoms with van der Waals surface area (Å²) < 4.78 is 26.8. The van der Waals surface area contributed by atoms with Gasteiger partial charge in [0.05, 0.1) is 26.8 Å². The highest BCUT2D eigenvalue weighted by molar-refractivity contribution is 7.86. The smallest absolute Gasteiger partial charge is 0.182 e. The van der Waals surface area contributed by atoms with Gasteiger partial charge in [-0.05, 0) is 35.9 Å². The van der Waals surface area contributed by atoms with Crippen molar-refractivity contribution in [3.63, 3.8) is 0 Å². The maximum atomic E-state index is 13.0. The van der Waals surface area contributed by atoms with Gasteiger partial charge in [0, 0.05) is 10.7 Å². The predicted octanol–water partition coefficient (Wildman–Crippen LogP) is 3.98. The zero-order chi connectivity index (χ0) is 15.0. The van der Waals surface area contributed by atoms with Crippen LogP contribution in [0.4, 0.5) is 10.1 Å². The summed E-state index contributed by atoms with van der Waals surface area (Å²) in [5.74, 6) is -0.209. The number of aromatic nitrogens is 1. The molecule has 0 aliphatic heterocycles. The molecule has 0 fully saturated rings. The Labute approximate surface area is 132 Å². The molecule has 0 radical (unpaired) electrons. The van der Waals surface area contributed by atoms with Crippen molar-refractivity contribution >= 4 is 49.6 Å². The van der Waals surface area contributed by atoms with Crippen LogP contribution in [0.3, 0.4) is 0 Å². The number of hydrogen-bond acceptors (Lipinski definition) is 4. The van der Waals surface area contributed by atoms with Crippen molar-refractivity contribution in [3.05, 3.63) is 52.8 Å². The number of hydrogen-bond donors (Lipinski definition) is 1. The average molecular weight is 341 g/mol. The Balaban J connectivity index is 1.89. The molecule has 3 nitrogen and oxygen atoms in total. The van der Waals surface area contributed by atoms with Crippen LogP contribution in [0, 0.1) is 5.82 Å². The Hall–Kier alpha value is -1.50. The molecule has 1 atom stereocenters. The summed E-state index contributed by atoms with van der Waals surface area (Å²) in [6, 6.07) is 9.42. The molecule has 3 rings (SSSR count). The minimum atomic E-state index is -1.33. The lowest BCUT2D eigenvalue weighted by Gasteiger charge is -2.02. The van der Waals surface area contributed by atoms with Crippen LogP contribution >= 0.6 is 22.9 Å². The largest absolute Gasteiger partial charge is 0.399 e. The number of halogens is 2. The summed E-state index contributed by atoms with van der Waals surface area (Å²) in [4.78, 5) is 4.34. The summed E-state index contributed by atoms with van der Waals surface area (Å²) in [6.45, 7) is 0. The molecule has 0 aliphatic carbocycles. The second-order valence-electron chi connectivity index (χ2n) is 4.43. The number of thiazole rings is 1. The predicted molar refractivity (Wildman–Crippen MR) is 85.6 cm³/mol. The van der Waals surface area contributed by atoms with E-state index >= 15 is 0 Å². The van der Waals surface area contributed by atoms with Crippen LogP contribution < -0.4 is 5.73 Å². The van der Waals surface area contributed by atoms with E-state index in [2.05, 4.69) is 4.98 Å². The van der Waals surface area contributed by atoms with Crippen LogP contribution in [-0.2, 0) is 16.6 Å². The van der Waals surface area contributed by atoms with Gasteiger partial charge < -0.3 is 5.73 Å². The Kier molecular flexibility index (Phi) is 3.93. The number of nitrogens with zero attached hydrogens (tertiary/aromatic N) is 1. The molecule has 2 N–H and O–H groups in total. The van der Waals surface area contributed by atoms with Crippen molar-refractivity contribution < 1.29 is 8.60 Å². The highest BCUT2D eigenvalue weighted by Crippen LogP contribution is 2.28. The molecule has 2 aromatic carbocycles. The molecule has 1 unspecified atom stereocenters. The third-order valence-corrected chi connectivity index (χ3v) is 5.92. The standard InChI is InChI=1S/C14H10ClFN2OS2/c15-11-5-9(16)2-1-8(11)7-21(19)14-18-12-4-3-10(17)6-13(12)20-14/h1-6H,7,17H2. The first kappa shape index (κ1) is 14.4. The lowest BCUT2D eigenvalue weighted by atomic mass is 10.2. The van der Waals surface area contributed by atoms with Crippen LogP contribution in [-0.4, -0.2) is 9.19 Å². The van der Waals surface area contributed by atoms with E-state index in [1.165, 1.54) is 23.5 Å². The SMILES string of the molecule is Nc1ccc2nc(S(=O)Cc3ccc(F)cc3Cl)sc2c1. The van der Waals surface area contributed by atoms with Crippen LogP contribution in [0.2, 0.25) is 5.02 Å². The molecule has 0 amide bonds. The summed E-state index contributed by atoms with van der Waals surface area (Å²) in [5, 5.41) is 0.272. The maximum absolute atomic E-state index is 13.0. The van der Waals surface area contributed by atoms with Crippen molar-refractivity contribution in [2.24, 2.45) is 0 Å². The first-order valence-corrected chi connectivity index (χ1v) is 8.52. The molecule has 1 aromatic heterocycles. The molecule has 21 heavy (non-hydrogen) atoms. The number of nitrogen functional groups attached to an aromatic ring is 1. The van der Waals surface area contributed by atoms with Crippen molar-refractivity contribution in [1.29, 1.82) is 0 Å². The molecule has 7 heteroatoms. The maximum Gasteiger partial charge on any atom is 0.182 e. The van der Waals surface area contributed by atoms with E-state index in [4.69, 9.17) is 17.3 Å². The molecule has 0 spiro atoms. The van der Waals surface area contributed by atoms with E-state index in [1.807, 2.05) is 0 Å². The number of rotatable bonds is 3. The van der Waals surface area contributed by atoms with Gasteiger partial charge in [0.15, 0.2) is 4.34 Å². The van der Waals surface area contributed by atoms with Gasteiger partial charge in [-0.2, -0.15) is 0 Å². The topological polar surface area (TPSA) is 56.0 Å².